The van der Waals surface area contributed by atoms with Crippen LogP contribution in [-0.2, 0) is 19.2 Å². The zero-order valence-electron chi connectivity index (χ0n) is 17.4. The number of rotatable bonds is 6. The van der Waals surface area contributed by atoms with E-state index in [1.807, 2.05) is 0 Å². The molecule has 0 aliphatic rings. The van der Waals surface area contributed by atoms with Gasteiger partial charge in [0, 0.05) is 31.1 Å². The Balaban J connectivity index is 1.47. The molecule has 0 unspecified atom stereocenters. The molecule has 9 heteroatoms. The standard InChI is InChI=1S/C22H22N6O3/c1-22(2,30)14-6-7-15(24-12-14)13-25-20(29)17-5-4-10-23-21(17)31-16-8-9-18-19(11-16)27-28(3)26-18/h4-12,30H,13H2,1-3H3,(H,25,29). The summed E-state index contributed by atoms with van der Waals surface area (Å²) in [7, 11) is 1.74. The second-order valence-electron chi connectivity index (χ2n) is 7.58. The van der Waals surface area contributed by atoms with Crippen molar-refractivity contribution in [1.82, 2.24) is 30.3 Å². The molecule has 0 aliphatic heterocycles. The molecule has 0 fully saturated rings. The highest BCUT2D eigenvalue weighted by molar-refractivity contribution is 5.96. The van der Waals surface area contributed by atoms with Gasteiger partial charge in [-0.3, -0.25) is 9.78 Å². The largest absolute Gasteiger partial charge is 0.438 e. The van der Waals surface area contributed by atoms with Crippen molar-refractivity contribution in [3.05, 3.63) is 71.7 Å². The number of ether oxygens (including phenoxy) is 1. The van der Waals surface area contributed by atoms with Crippen molar-refractivity contribution >= 4 is 16.9 Å². The maximum Gasteiger partial charge on any atom is 0.257 e. The highest BCUT2D eigenvalue weighted by Gasteiger charge is 2.17. The zero-order valence-corrected chi connectivity index (χ0v) is 17.4. The van der Waals surface area contributed by atoms with E-state index in [1.54, 1.807) is 75.8 Å². The average Bonchev–Trinajstić information content (AvgIpc) is 3.11. The Hall–Kier alpha value is -3.85. The summed E-state index contributed by atoms with van der Waals surface area (Å²) >= 11 is 0. The second-order valence-corrected chi connectivity index (χ2v) is 7.58. The maximum atomic E-state index is 12.7. The minimum Gasteiger partial charge on any atom is -0.438 e. The van der Waals surface area contributed by atoms with Crippen molar-refractivity contribution in [2.75, 3.05) is 0 Å². The molecule has 0 saturated carbocycles. The lowest BCUT2D eigenvalue weighted by Gasteiger charge is -2.17. The average molecular weight is 418 g/mol. The van der Waals surface area contributed by atoms with E-state index in [2.05, 4.69) is 25.5 Å². The lowest BCUT2D eigenvalue weighted by molar-refractivity contribution is 0.0781. The number of aryl methyl sites for hydroxylation is 1. The van der Waals surface area contributed by atoms with Crippen LogP contribution in [0.25, 0.3) is 11.0 Å². The van der Waals surface area contributed by atoms with Gasteiger partial charge in [0.15, 0.2) is 0 Å². The van der Waals surface area contributed by atoms with E-state index < -0.39 is 5.60 Å². The number of fused-ring (bicyclic) bond motifs is 1. The molecule has 0 saturated heterocycles. The van der Waals surface area contributed by atoms with Crippen LogP contribution in [-0.4, -0.2) is 36.0 Å². The van der Waals surface area contributed by atoms with Crippen molar-refractivity contribution in [2.45, 2.75) is 26.0 Å². The van der Waals surface area contributed by atoms with Crippen molar-refractivity contribution in [3.8, 4) is 11.6 Å². The van der Waals surface area contributed by atoms with Crippen molar-refractivity contribution in [1.29, 1.82) is 0 Å². The highest BCUT2D eigenvalue weighted by atomic mass is 16.5. The first-order valence-electron chi connectivity index (χ1n) is 9.69. The van der Waals surface area contributed by atoms with E-state index in [9.17, 15) is 9.90 Å². The number of pyridine rings is 2. The topological polar surface area (TPSA) is 115 Å². The van der Waals surface area contributed by atoms with Crippen LogP contribution in [0.2, 0.25) is 0 Å². The maximum absolute atomic E-state index is 12.7. The molecule has 4 rings (SSSR count). The fraction of sp³-hybridized carbons (Fsp3) is 0.227. The summed E-state index contributed by atoms with van der Waals surface area (Å²) in [6, 6.07) is 12.2. The lowest BCUT2D eigenvalue weighted by atomic mass is 10.0. The minimum absolute atomic E-state index is 0.188. The number of hydrogen-bond acceptors (Lipinski definition) is 7. The molecule has 3 aromatic heterocycles. The first-order chi connectivity index (χ1) is 14.8. The third kappa shape index (κ3) is 4.67. The van der Waals surface area contributed by atoms with Crippen LogP contribution in [0.15, 0.2) is 54.9 Å². The predicted molar refractivity (Wildman–Crippen MR) is 113 cm³/mol. The Kier molecular flexibility index (Phi) is 5.35. The van der Waals surface area contributed by atoms with Gasteiger partial charge in [0.05, 0.1) is 17.8 Å². The van der Waals surface area contributed by atoms with E-state index >= 15 is 0 Å². The van der Waals surface area contributed by atoms with E-state index in [4.69, 9.17) is 4.74 Å². The van der Waals surface area contributed by atoms with Crippen LogP contribution in [0.1, 0.15) is 35.5 Å². The van der Waals surface area contributed by atoms with Gasteiger partial charge in [-0.05, 0) is 44.2 Å². The molecule has 0 bridgehead atoms. The molecule has 158 valence electrons. The summed E-state index contributed by atoms with van der Waals surface area (Å²) in [6.07, 6.45) is 3.16. The van der Waals surface area contributed by atoms with Gasteiger partial charge in [0.1, 0.15) is 22.3 Å². The fourth-order valence-electron chi connectivity index (χ4n) is 2.98. The van der Waals surface area contributed by atoms with Crippen LogP contribution in [0.3, 0.4) is 0 Å². The first kappa shape index (κ1) is 20.4. The molecular weight excluding hydrogens is 396 g/mol. The molecular formula is C22H22N6O3. The first-order valence-corrected chi connectivity index (χ1v) is 9.69. The van der Waals surface area contributed by atoms with Crippen molar-refractivity contribution in [2.24, 2.45) is 7.05 Å². The van der Waals surface area contributed by atoms with Gasteiger partial charge in [-0.25, -0.2) is 4.98 Å². The summed E-state index contributed by atoms with van der Waals surface area (Å²) < 4.78 is 5.86. The third-order valence-corrected chi connectivity index (χ3v) is 4.64. The monoisotopic (exact) mass is 418 g/mol. The Morgan fingerprint density at radius 3 is 2.68 bits per heavy atom. The number of nitrogens with one attached hydrogen (secondary N) is 1. The van der Waals surface area contributed by atoms with Gasteiger partial charge in [-0.1, -0.05) is 6.07 Å². The van der Waals surface area contributed by atoms with Crippen molar-refractivity contribution in [3.63, 3.8) is 0 Å². The van der Waals surface area contributed by atoms with Crippen LogP contribution in [0.5, 0.6) is 11.6 Å². The number of carbonyl (C=O) groups excluding carboxylic acids is 1. The van der Waals surface area contributed by atoms with E-state index in [0.717, 1.165) is 5.52 Å². The number of nitrogens with zero attached hydrogens (tertiary/aromatic N) is 5. The summed E-state index contributed by atoms with van der Waals surface area (Å²) in [5.74, 6) is 0.357. The Morgan fingerprint density at radius 2 is 1.94 bits per heavy atom. The zero-order chi connectivity index (χ0) is 22.0. The Bertz CT molecular complexity index is 1230. The van der Waals surface area contributed by atoms with Crippen LogP contribution in [0, 0.1) is 0 Å². The quantitative estimate of drug-likeness (QED) is 0.495. The molecule has 0 aliphatic carbocycles. The molecule has 4 aromatic rings. The van der Waals surface area contributed by atoms with E-state index in [0.29, 0.717) is 28.1 Å². The molecule has 31 heavy (non-hydrogen) atoms. The fourth-order valence-corrected chi connectivity index (χ4v) is 2.98. The van der Waals surface area contributed by atoms with Gasteiger partial charge in [0.2, 0.25) is 5.88 Å². The van der Waals surface area contributed by atoms with Gasteiger partial charge in [-0.2, -0.15) is 15.0 Å². The SMILES string of the molecule is Cn1nc2ccc(Oc3ncccc3C(=O)NCc3ccc(C(C)(C)O)cn3)cc2n1. The number of carbonyl (C=O) groups is 1. The summed E-state index contributed by atoms with van der Waals surface area (Å²) in [4.78, 5) is 22.7. The highest BCUT2D eigenvalue weighted by Crippen LogP contribution is 2.25. The Morgan fingerprint density at radius 1 is 1.13 bits per heavy atom. The molecule has 0 atom stereocenters. The summed E-state index contributed by atoms with van der Waals surface area (Å²) in [6.45, 7) is 3.61. The van der Waals surface area contributed by atoms with E-state index in [-0.39, 0.29) is 18.3 Å². The van der Waals surface area contributed by atoms with E-state index in [1.165, 1.54) is 4.80 Å². The summed E-state index contributed by atoms with van der Waals surface area (Å²) in [5.41, 5.74) is 2.13. The number of benzene rings is 1. The van der Waals surface area contributed by atoms with Gasteiger partial charge in [-0.15, -0.1) is 0 Å². The summed E-state index contributed by atoms with van der Waals surface area (Å²) in [5, 5.41) is 21.3. The third-order valence-electron chi connectivity index (χ3n) is 4.64. The molecule has 1 amide bonds. The Labute approximate surface area is 178 Å². The molecule has 0 spiro atoms. The molecule has 3 heterocycles. The van der Waals surface area contributed by atoms with Gasteiger partial charge in [0.25, 0.3) is 5.91 Å². The number of aliphatic hydroxyl groups is 1. The molecule has 0 radical (unpaired) electrons. The number of amides is 1. The second kappa shape index (κ2) is 8.11. The number of aromatic nitrogens is 5. The molecule has 9 nitrogen and oxygen atoms in total. The molecule has 1 aromatic carbocycles. The number of hydrogen-bond donors (Lipinski definition) is 2. The van der Waals surface area contributed by atoms with Crippen molar-refractivity contribution < 1.29 is 14.6 Å². The predicted octanol–water partition coefficient (Wildman–Crippen LogP) is 2.71. The minimum atomic E-state index is -0.967. The molecule has 2 N–H and O–H groups in total. The smallest absolute Gasteiger partial charge is 0.257 e. The van der Waals surface area contributed by atoms with Crippen LogP contribution in [0.4, 0.5) is 0 Å². The normalized spacial score (nSPS) is 11.5. The lowest BCUT2D eigenvalue weighted by Crippen LogP contribution is -2.24. The van der Waals surface area contributed by atoms with Crippen LogP contribution >= 0.6 is 0 Å². The van der Waals surface area contributed by atoms with Crippen LogP contribution < -0.4 is 10.1 Å². The van der Waals surface area contributed by atoms with Gasteiger partial charge >= 0.3 is 0 Å². The van der Waals surface area contributed by atoms with Gasteiger partial charge < -0.3 is 15.2 Å².